The third kappa shape index (κ3) is 19.5. The van der Waals surface area contributed by atoms with Gasteiger partial charge in [-0.2, -0.15) is 0 Å². The first-order valence-corrected chi connectivity index (χ1v) is 18.5. The number of aromatic carboxylic acids is 2. The van der Waals surface area contributed by atoms with E-state index in [4.69, 9.17) is 5.69 Å². The quantitative estimate of drug-likeness (QED) is 0.114. The first-order chi connectivity index (χ1) is 28.3. The van der Waals surface area contributed by atoms with Gasteiger partial charge in [-0.3, -0.25) is 14.4 Å². The minimum Gasteiger partial charge on any atom is -0.478 e. The summed E-state index contributed by atoms with van der Waals surface area (Å²) in [5, 5.41) is 7.79. The fraction of sp³-hybridized carbons (Fsp3) is 0.370. The predicted molar refractivity (Wildman–Crippen MR) is 225 cm³/mol. The van der Waals surface area contributed by atoms with Gasteiger partial charge < -0.3 is 26.4 Å². The highest BCUT2D eigenvalue weighted by Gasteiger charge is 2.11. The van der Waals surface area contributed by atoms with E-state index >= 15 is 0 Å². The minimum absolute atomic E-state index is 0.125. The van der Waals surface area contributed by atoms with E-state index in [-0.39, 0.29) is 23.7 Å². The van der Waals surface area contributed by atoms with Crippen molar-refractivity contribution < 1.29 is 41.8 Å². The maximum absolute atomic E-state index is 11.2. The van der Waals surface area contributed by atoms with E-state index in [1.54, 1.807) is 48.5 Å². The molecule has 4 aromatic rings. The van der Waals surface area contributed by atoms with E-state index in [0.717, 1.165) is 11.1 Å². The van der Waals surface area contributed by atoms with E-state index in [2.05, 4.69) is 42.6 Å². The van der Waals surface area contributed by atoms with Crippen molar-refractivity contribution in [2.24, 2.45) is 17.4 Å². The molecule has 0 bridgehead atoms. The van der Waals surface area contributed by atoms with Crippen molar-refractivity contribution in [2.45, 2.75) is 99.3 Å². The Morgan fingerprint density at radius 3 is 1.32 bits per heavy atom. The number of carbonyl (C=O) groups excluding carboxylic acids is 3. The summed E-state index contributed by atoms with van der Waals surface area (Å²) in [6.07, 6.45) is 0.524. The molecule has 0 atom stereocenters. The number of hydrogen-bond donors (Lipinski definition) is 4. The Bertz CT molecular complexity index is 1770. The van der Waals surface area contributed by atoms with Crippen molar-refractivity contribution >= 4 is 29.7 Å². The van der Waals surface area contributed by atoms with Crippen LogP contribution in [-0.4, -0.2) is 47.0 Å². The standard InChI is InChI=1S/2C10H13NO.2C10H12O2.C6H12O2/c1-7(2)8-3-5-9(6-4-8)10(11)12;1-7(2)8-5-3-4-6-9(8)10(11)12;1-7(2)8-3-5-9(6-4-8)10(11)12;1-7(2)8-5-3-4-6-9(8)10(11)12;1-5(2)4-6(7)8-3/h2*3-7H,1-2H3,(H2,11,12);2*3-7H,1-2H3,(H,11,12);5H,4H2,1-3H3/i/hT4. The maximum atomic E-state index is 11.2. The maximum Gasteiger partial charge on any atom is 0.335 e. The Morgan fingerprint density at radius 2 is 0.964 bits per heavy atom. The monoisotopic (exact) mass is 778 g/mol. The zero-order valence-electron chi connectivity index (χ0n) is 38.6. The number of nitrogens with two attached hydrogens (primary N) is 2. The van der Waals surface area contributed by atoms with Crippen LogP contribution in [0.4, 0.5) is 0 Å². The van der Waals surface area contributed by atoms with E-state index in [1.807, 2.05) is 102 Å². The van der Waals surface area contributed by atoms with Gasteiger partial charge >= 0.3 is 17.9 Å². The molecule has 2 amide bonds. The molecule has 0 fully saturated rings. The summed E-state index contributed by atoms with van der Waals surface area (Å²) in [6.45, 7) is 20.4. The van der Waals surface area contributed by atoms with Crippen LogP contribution in [0.5, 0.6) is 0 Å². The molecule has 0 radical (unpaired) electrons. The number of carboxylic acids is 2. The van der Waals surface area contributed by atoms with Crippen molar-refractivity contribution in [3.63, 3.8) is 0 Å². The van der Waals surface area contributed by atoms with E-state index in [0.29, 0.717) is 52.3 Å². The molecule has 0 saturated heterocycles. The third-order valence-electron chi connectivity index (χ3n) is 8.09. The van der Waals surface area contributed by atoms with Crippen LogP contribution in [0.15, 0.2) is 97.1 Å². The summed E-state index contributed by atoms with van der Waals surface area (Å²) >= 11 is 0. The predicted octanol–water partition coefficient (Wildman–Crippen LogP) is 10.0. The number of carbonyl (C=O) groups is 5. The number of carboxylic acid groups (broad SMARTS) is 2. The topological polar surface area (TPSA) is 187 Å². The number of benzene rings is 4. The molecule has 0 unspecified atom stereocenters. The van der Waals surface area contributed by atoms with Gasteiger partial charge in [0.25, 0.3) is 2.86 Å². The molecule has 0 spiro atoms. The van der Waals surface area contributed by atoms with Gasteiger partial charge in [0.2, 0.25) is 11.8 Å². The number of methoxy groups -OCH3 is 1. The van der Waals surface area contributed by atoms with Crippen LogP contribution in [0.2, 0.25) is 2.82 Å². The highest BCUT2D eigenvalue weighted by molar-refractivity contribution is 5.94. The number of hydrogen-bond acceptors (Lipinski definition) is 8. The highest BCUT2D eigenvalue weighted by atomic mass is 16.5. The lowest BCUT2D eigenvalue weighted by Gasteiger charge is -2.08. The van der Waals surface area contributed by atoms with Crippen molar-refractivity contribution in [2.75, 3.05) is 7.11 Å². The van der Waals surface area contributed by atoms with E-state index in [1.165, 1.54) is 18.2 Å². The Morgan fingerprint density at radius 1 is 0.554 bits per heavy atom. The van der Waals surface area contributed by atoms with Crippen LogP contribution in [-0.2, 0) is 9.53 Å². The van der Waals surface area contributed by atoms with Crippen LogP contribution in [0.25, 0.3) is 2.86 Å². The molecular weight excluding hydrogens is 709 g/mol. The summed E-state index contributed by atoms with van der Waals surface area (Å²) in [4.78, 5) is 54.6. The Balaban J connectivity index is 0.000000732. The van der Waals surface area contributed by atoms with Crippen LogP contribution < -0.4 is 11.5 Å². The second kappa shape index (κ2) is 26.1. The lowest BCUT2D eigenvalue weighted by Crippen LogP contribution is -2.14. The molecular formula is C46H62N2O8. The fourth-order valence-electron chi connectivity index (χ4n) is 4.83. The van der Waals surface area contributed by atoms with E-state index in [9.17, 15) is 24.0 Å². The molecule has 4 rings (SSSR count). The summed E-state index contributed by atoms with van der Waals surface area (Å²) in [5.41, 5.74) is 10.0. The molecule has 0 heterocycles. The van der Waals surface area contributed by atoms with E-state index < -0.39 is 11.9 Å². The minimum atomic E-state index is -0.615. The molecule has 0 aliphatic carbocycles. The Hall–Kier alpha value is -5.77. The number of primary amides is 2. The van der Waals surface area contributed by atoms with Gasteiger partial charge in [0, 0.05) is 17.5 Å². The molecule has 0 aliphatic rings. The van der Waals surface area contributed by atoms with Crippen LogP contribution >= 0.6 is 0 Å². The summed E-state index contributed by atoms with van der Waals surface area (Å²) in [7, 11) is 1.41. The lowest BCUT2D eigenvalue weighted by atomic mass is 9.97. The van der Waals surface area contributed by atoms with Gasteiger partial charge in [0.05, 0.1) is 18.2 Å². The van der Waals surface area contributed by atoms with Gasteiger partial charge in [0.15, 0.2) is 2.82 Å². The highest BCUT2D eigenvalue weighted by Crippen LogP contribution is 2.20. The van der Waals surface area contributed by atoms with Crippen molar-refractivity contribution in [3.8, 4) is 0 Å². The summed E-state index contributed by atoms with van der Waals surface area (Å²) in [5.74, 6) is -0.167. The van der Waals surface area contributed by atoms with Crippen molar-refractivity contribution in [1.82, 2.24) is 0 Å². The van der Waals surface area contributed by atoms with Gasteiger partial charge in [-0.25, -0.2) is 9.59 Å². The Kier molecular flexibility index (Phi) is 20.0. The van der Waals surface area contributed by atoms with Gasteiger partial charge in [-0.05, 0) is 88.2 Å². The molecule has 6 N–H and O–H groups in total. The normalized spacial score (nSPS) is 10.9. The Labute approximate surface area is 339 Å². The van der Waals surface area contributed by atoms with Crippen LogP contribution in [0.1, 0.15) is 163 Å². The van der Waals surface area contributed by atoms with Crippen molar-refractivity contribution in [1.29, 1.82) is 2.86 Å². The average Bonchev–Trinajstić information content (AvgIpc) is 3.25. The fourth-order valence-corrected chi connectivity index (χ4v) is 4.83. The third-order valence-corrected chi connectivity index (χ3v) is 8.09. The molecule has 304 valence electrons. The zero-order chi connectivity index (χ0) is 45.9. The summed E-state index contributed by atoms with van der Waals surface area (Å²) < 4.78 is 30.9. The lowest BCUT2D eigenvalue weighted by molar-refractivity contribution is -0.141. The SMILES string of the molecule is COC(=O)CC(C)C.[3H]NC(=O)c1ccc(C(C)C)cc1.[3H]NC(=O)c1ccccc1C(C)C.[3H]OC(=O)c1ccc(C(C)C)cc1.[3H]OC(=O)c1ccccc1C(C)C. The molecule has 10 heteroatoms. The van der Waals surface area contributed by atoms with Crippen LogP contribution in [0.3, 0.4) is 0 Å². The molecule has 0 aliphatic heterocycles. The largest absolute Gasteiger partial charge is 0.478 e. The summed E-state index contributed by atoms with van der Waals surface area (Å²) in [6, 6.07) is 28.9. The molecule has 4 aromatic carbocycles. The second-order valence-corrected chi connectivity index (χ2v) is 14.4. The number of rotatable bonds is 10. The number of amides is 2. The first-order valence-electron chi connectivity index (χ1n) is 20.3. The molecule has 10 nitrogen and oxygen atoms in total. The average molecular weight is 779 g/mol. The number of ether oxygens (including phenoxy) is 1. The molecule has 0 aromatic heterocycles. The van der Waals surface area contributed by atoms with Crippen molar-refractivity contribution in [3.05, 3.63) is 142 Å². The molecule has 0 saturated carbocycles. The second-order valence-electron chi connectivity index (χ2n) is 14.4. The van der Waals surface area contributed by atoms with Crippen LogP contribution in [0, 0.1) is 5.92 Å². The molecule has 56 heavy (non-hydrogen) atoms. The smallest absolute Gasteiger partial charge is 0.335 e. The first kappa shape index (κ1) is 43.0. The van der Waals surface area contributed by atoms with Gasteiger partial charge in [0.1, 0.15) is 0 Å². The zero-order valence-corrected chi connectivity index (χ0v) is 34.6. The van der Waals surface area contributed by atoms with Gasteiger partial charge in [-0.15, -0.1) is 0 Å². The van der Waals surface area contributed by atoms with Gasteiger partial charge in [-0.1, -0.05) is 130 Å². The number of esters is 1.